The highest BCUT2D eigenvalue weighted by Gasteiger charge is 2.35. The number of piperidine rings is 1. The molecule has 112 valence electrons. The first-order valence-electron chi connectivity index (χ1n) is 6.42. The average molecular weight is 322 g/mol. The van der Waals surface area contributed by atoms with Crippen LogP contribution in [0.4, 0.5) is 4.39 Å². The van der Waals surface area contributed by atoms with Gasteiger partial charge in [-0.25, -0.2) is 17.5 Å². The number of nitrogens with one attached hydrogen (secondary N) is 2. The van der Waals surface area contributed by atoms with Gasteiger partial charge in [-0.1, -0.05) is 0 Å². The van der Waals surface area contributed by atoms with Gasteiger partial charge in [0, 0.05) is 24.3 Å². The molecule has 2 N–H and O–H groups in total. The number of nitrogens with zero attached hydrogens (tertiary/aromatic N) is 1. The highest BCUT2D eigenvalue weighted by Crippen LogP contribution is 2.27. The summed E-state index contributed by atoms with van der Waals surface area (Å²) in [7, 11) is -3.68. The van der Waals surface area contributed by atoms with E-state index in [1.807, 2.05) is 0 Å². The second-order valence-corrected chi connectivity index (χ2v) is 6.98. The van der Waals surface area contributed by atoms with E-state index in [1.54, 1.807) is 0 Å². The minimum Gasteiger partial charge on any atom is -0.311 e. The molecule has 0 aromatic carbocycles. The largest absolute Gasteiger partial charge is 0.311 e. The fourth-order valence-corrected chi connectivity index (χ4v) is 4.22. The number of hydrogen-bond donors (Lipinski definition) is 2. The van der Waals surface area contributed by atoms with Crippen LogP contribution < -0.4 is 10.0 Å². The summed E-state index contributed by atoms with van der Waals surface area (Å²) in [5.41, 5.74) is 0. The normalized spacial score (nSPS) is 28.9. The smallest absolute Gasteiger partial charge is 0.242 e. The predicted octanol–water partition coefficient (Wildman–Crippen LogP) is 1.20. The van der Waals surface area contributed by atoms with E-state index in [1.165, 1.54) is 6.20 Å². The van der Waals surface area contributed by atoms with Crippen molar-refractivity contribution in [2.75, 3.05) is 0 Å². The fourth-order valence-electron chi connectivity index (χ4n) is 2.98. The molecule has 0 amide bonds. The van der Waals surface area contributed by atoms with Crippen LogP contribution in [-0.4, -0.2) is 31.5 Å². The van der Waals surface area contributed by atoms with Crippen LogP contribution in [0.2, 0.25) is 0 Å². The van der Waals surface area contributed by atoms with Gasteiger partial charge < -0.3 is 5.32 Å². The van der Waals surface area contributed by atoms with Crippen molar-refractivity contribution in [2.24, 2.45) is 0 Å². The average Bonchev–Trinajstić information content (AvgIpc) is 2.68. The van der Waals surface area contributed by atoms with E-state index in [2.05, 4.69) is 15.0 Å². The number of sulfonamides is 1. The first kappa shape index (κ1) is 15.6. The van der Waals surface area contributed by atoms with Crippen molar-refractivity contribution in [2.45, 2.75) is 48.7 Å². The van der Waals surface area contributed by atoms with E-state index in [0.717, 1.165) is 37.9 Å². The molecule has 2 saturated heterocycles. The minimum absolute atomic E-state index is 0. The first-order chi connectivity index (χ1) is 9.03. The van der Waals surface area contributed by atoms with Crippen LogP contribution >= 0.6 is 12.4 Å². The van der Waals surface area contributed by atoms with Crippen molar-refractivity contribution in [1.29, 1.82) is 0 Å². The van der Waals surface area contributed by atoms with Gasteiger partial charge in [0.1, 0.15) is 10.7 Å². The van der Waals surface area contributed by atoms with Gasteiger partial charge in [0.05, 0.1) is 6.20 Å². The molecule has 0 spiro atoms. The van der Waals surface area contributed by atoms with Crippen LogP contribution in [0.3, 0.4) is 0 Å². The molecule has 0 radical (unpaired) electrons. The fraction of sp³-hybridized carbons (Fsp3) is 0.583. The Hall–Kier alpha value is -0.760. The number of fused-ring (bicyclic) bond motifs is 2. The van der Waals surface area contributed by atoms with E-state index < -0.39 is 15.8 Å². The molecule has 1 aromatic heterocycles. The monoisotopic (exact) mass is 321 g/mol. The highest BCUT2D eigenvalue weighted by atomic mass is 35.5. The molecule has 0 aliphatic carbocycles. The van der Waals surface area contributed by atoms with Gasteiger partial charge in [-0.05, 0) is 31.7 Å². The van der Waals surface area contributed by atoms with Gasteiger partial charge >= 0.3 is 0 Å². The van der Waals surface area contributed by atoms with Crippen LogP contribution in [0.5, 0.6) is 0 Å². The molecule has 2 atom stereocenters. The molecule has 8 heteroatoms. The molecule has 2 aliphatic rings. The van der Waals surface area contributed by atoms with Crippen LogP contribution in [0.1, 0.15) is 25.7 Å². The Balaban J connectivity index is 0.00000147. The lowest BCUT2D eigenvalue weighted by molar-refractivity contribution is 0.345. The Bertz CT molecular complexity index is 572. The summed E-state index contributed by atoms with van der Waals surface area (Å²) in [5, 5.41) is 3.45. The second kappa shape index (κ2) is 5.93. The highest BCUT2D eigenvalue weighted by molar-refractivity contribution is 7.89. The lowest BCUT2D eigenvalue weighted by Crippen LogP contribution is -2.47. The first-order valence-corrected chi connectivity index (χ1v) is 7.90. The quantitative estimate of drug-likeness (QED) is 0.877. The van der Waals surface area contributed by atoms with Crippen LogP contribution in [0.15, 0.2) is 23.4 Å². The lowest BCUT2D eigenvalue weighted by atomic mass is 10.0. The molecule has 1 aromatic rings. The Kier molecular flexibility index (Phi) is 4.63. The summed E-state index contributed by atoms with van der Waals surface area (Å²) >= 11 is 0. The van der Waals surface area contributed by atoms with Crippen molar-refractivity contribution in [3.05, 3.63) is 24.3 Å². The maximum Gasteiger partial charge on any atom is 0.242 e. The standard InChI is InChI=1S/C12H16FN3O2S.ClH/c13-8-3-12(7-14-6-8)19(17,18)16-11-4-9-1-2-10(5-11)15-9;/h3,6-7,9-11,15-16H,1-2,4-5H2;1H. The molecule has 2 aliphatic heterocycles. The number of aromatic nitrogens is 1. The van der Waals surface area contributed by atoms with Crippen molar-refractivity contribution in [1.82, 2.24) is 15.0 Å². The van der Waals surface area contributed by atoms with Gasteiger partial charge in [-0.15, -0.1) is 12.4 Å². The van der Waals surface area contributed by atoms with Crippen LogP contribution in [-0.2, 0) is 10.0 Å². The maximum absolute atomic E-state index is 13.0. The predicted molar refractivity (Wildman–Crippen MR) is 74.7 cm³/mol. The van der Waals surface area contributed by atoms with E-state index in [-0.39, 0.29) is 23.3 Å². The number of hydrogen-bond acceptors (Lipinski definition) is 4. The zero-order valence-electron chi connectivity index (χ0n) is 10.8. The second-order valence-electron chi connectivity index (χ2n) is 5.27. The Morgan fingerprint density at radius 2 is 1.90 bits per heavy atom. The maximum atomic E-state index is 13.0. The zero-order chi connectivity index (χ0) is 13.5. The van der Waals surface area contributed by atoms with Gasteiger partial charge in [0.15, 0.2) is 0 Å². The molecule has 3 heterocycles. The van der Waals surface area contributed by atoms with E-state index >= 15 is 0 Å². The Labute approximate surface area is 123 Å². The molecule has 2 unspecified atom stereocenters. The summed E-state index contributed by atoms with van der Waals surface area (Å²) < 4.78 is 40.0. The summed E-state index contributed by atoms with van der Waals surface area (Å²) in [5.74, 6) is -0.645. The molecule has 2 fully saturated rings. The topological polar surface area (TPSA) is 71.1 Å². The van der Waals surface area contributed by atoms with E-state index in [4.69, 9.17) is 0 Å². The summed E-state index contributed by atoms with van der Waals surface area (Å²) in [6, 6.07) is 1.71. The lowest BCUT2D eigenvalue weighted by Gasteiger charge is -2.29. The number of rotatable bonds is 3. The summed E-state index contributed by atoms with van der Waals surface area (Å²) in [6.45, 7) is 0. The third kappa shape index (κ3) is 3.28. The Morgan fingerprint density at radius 3 is 2.50 bits per heavy atom. The molecule has 3 rings (SSSR count). The third-order valence-corrected chi connectivity index (χ3v) is 5.27. The van der Waals surface area contributed by atoms with Gasteiger partial charge in [-0.2, -0.15) is 0 Å². The van der Waals surface area contributed by atoms with E-state index in [9.17, 15) is 12.8 Å². The van der Waals surface area contributed by atoms with Gasteiger partial charge in [0.25, 0.3) is 0 Å². The van der Waals surface area contributed by atoms with Crippen molar-refractivity contribution >= 4 is 22.4 Å². The van der Waals surface area contributed by atoms with Crippen molar-refractivity contribution in [3.63, 3.8) is 0 Å². The van der Waals surface area contributed by atoms with E-state index in [0.29, 0.717) is 12.1 Å². The molecular formula is C12H17ClFN3O2S. The molecule has 0 saturated carbocycles. The van der Waals surface area contributed by atoms with Crippen molar-refractivity contribution in [3.8, 4) is 0 Å². The van der Waals surface area contributed by atoms with Gasteiger partial charge in [-0.3, -0.25) is 4.98 Å². The van der Waals surface area contributed by atoms with Crippen molar-refractivity contribution < 1.29 is 12.8 Å². The Morgan fingerprint density at radius 1 is 1.25 bits per heavy atom. The molecule has 5 nitrogen and oxygen atoms in total. The van der Waals surface area contributed by atoms with Crippen LogP contribution in [0, 0.1) is 5.82 Å². The molecular weight excluding hydrogens is 305 g/mol. The number of pyridine rings is 1. The van der Waals surface area contributed by atoms with Crippen LogP contribution in [0.25, 0.3) is 0 Å². The van der Waals surface area contributed by atoms with Gasteiger partial charge in [0.2, 0.25) is 10.0 Å². The third-order valence-electron chi connectivity index (χ3n) is 3.78. The summed E-state index contributed by atoms with van der Waals surface area (Å²) in [4.78, 5) is 3.47. The zero-order valence-corrected chi connectivity index (χ0v) is 12.4. The summed E-state index contributed by atoms with van der Waals surface area (Å²) in [6.07, 6.45) is 5.94. The SMILES string of the molecule is Cl.O=S(=O)(NC1CC2CCC(C1)N2)c1cncc(F)c1. The molecule has 20 heavy (non-hydrogen) atoms. The minimum atomic E-state index is -3.68. The molecule has 2 bridgehead atoms. The number of halogens is 2.